The van der Waals surface area contributed by atoms with Gasteiger partial charge in [0, 0.05) is 35.6 Å². The van der Waals surface area contributed by atoms with E-state index in [4.69, 9.17) is 0 Å². The summed E-state index contributed by atoms with van der Waals surface area (Å²) in [6, 6.07) is 13.5. The van der Waals surface area contributed by atoms with E-state index in [1.807, 2.05) is 49.5 Å². The SMILES string of the molecule is Cc1ccc2cc(C(=O)Nc3ccn(Cc4cccnc4)n3)[nH]c2c1. The van der Waals surface area contributed by atoms with Crippen molar-refractivity contribution < 1.29 is 4.79 Å². The molecule has 0 fully saturated rings. The molecule has 0 spiro atoms. The molecule has 0 saturated heterocycles. The number of carbonyl (C=O) groups excluding carboxylic acids is 1. The van der Waals surface area contributed by atoms with E-state index in [0.717, 1.165) is 22.0 Å². The maximum absolute atomic E-state index is 12.4. The predicted molar refractivity (Wildman–Crippen MR) is 96.6 cm³/mol. The fourth-order valence-electron chi connectivity index (χ4n) is 2.74. The highest BCUT2D eigenvalue weighted by atomic mass is 16.2. The second-order valence-corrected chi connectivity index (χ2v) is 5.99. The van der Waals surface area contributed by atoms with Crippen LogP contribution in [0.25, 0.3) is 10.9 Å². The van der Waals surface area contributed by atoms with Gasteiger partial charge in [-0.05, 0) is 36.2 Å². The number of aromatic amines is 1. The van der Waals surface area contributed by atoms with E-state index >= 15 is 0 Å². The van der Waals surface area contributed by atoms with Crippen molar-refractivity contribution in [1.82, 2.24) is 19.7 Å². The van der Waals surface area contributed by atoms with E-state index in [0.29, 0.717) is 18.1 Å². The first-order chi connectivity index (χ1) is 12.2. The van der Waals surface area contributed by atoms with Crippen LogP contribution in [-0.4, -0.2) is 25.7 Å². The normalized spacial score (nSPS) is 10.9. The number of anilines is 1. The molecule has 6 nitrogen and oxygen atoms in total. The Bertz CT molecular complexity index is 1030. The molecule has 3 aromatic heterocycles. The Balaban J connectivity index is 1.48. The molecular formula is C19H17N5O. The average Bonchev–Trinajstić information content (AvgIpc) is 3.22. The largest absolute Gasteiger partial charge is 0.351 e. The number of benzene rings is 1. The Kier molecular flexibility index (Phi) is 3.78. The van der Waals surface area contributed by atoms with E-state index in [1.54, 1.807) is 23.1 Å². The first-order valence-electron chi connectivity index (χ1n) is 8.00. The summed E-state index contributed by atoms with van der Waals surface area (Å²) in [5, 5.41) is 8.22. The highest BCUT2D eigenvalue weighted by Crippen LogP contribution is 2.17. The van der Waals surface area contributed by atoms with E-state index in [-0.39, 0.29) is 5.91 Å². The van der Waals surface area contributed by atoms with E-state index in [2.05, 4.69) is 20.4 Å². The highest BCUT2D eigenvalue weighted by Gasteiger charge is 2.11. The van der Waals surface area contributed by atoms with Crippen molar-refractivity contribution in [3.05, 3.63) is 77.9 Å². The molecule has 0 aliphatic heterocycles. The molecule has 124 valence electrons. The minimum Gasteiger partial charge on any atom is -0.351 e. The van der Waals surface area contributed by atoms with Crippen molar-refractivity contribution in [3.63, 3.8) is 0 Å². The Morgan fingerprint density at radius 1 is 1.24 bits per heavy atom. The van der Waals surface area contributed by atoms with E-state index in [9.17, 15) is 4.79 Å². The fourth-order valence-corrected chi connectivity index (χ4v) is 2.74. The van der Waals surface area contributed by atoms with E-state index in [1.165, 1.54) is 0 Å². The van der Waals surface area contributed by atoms with Gasteiger partial charge in [0.1, 0.15) is 5.69 Å². The Morgan fingerprint density at radius 3 is 3.00 bits per heavy atom. The van der Waals surface area contributed by atoms with Crippen LogP contribution in [0.3, 0.4) is 0 Å². The van der Waals surface area contributed by atoms with Gasteiger partial charge in [0.15, 0.2) is 5.82 Å². The summed E-state index contributed by atoms with van der Waals surface area (Å²) < 4.78 is 1.77. The van der Waals surface area contributed by atoms with Crippen LogP contribution in [0.15, 0.2) is 61.1 Å². The van der Waals surface area contributed by atoms with Crippen LogP contribution >= 0.6 is 0 Å². The molecule has 0 bridgehead atoms. The maximum Gasteiger partial charge on any atom is 0.273 e. The minimum atomic E-state index is -0.208. The Hall–Kier alpha value is -3.41. The zero-order valence-corrected chi connectivity index (χ0v) is 13.7. The number of rotatable bonds is 4. The van der Waals surface area contributed by atoms with Gasteiger partial charge in [-0.25, -0.2) is 0 Å². The molecule has 4 aromatic rings. The average molecular weight is 331 g/mol. The number of aromatic nitrogens is 4. The number of hydrogen-bond acceptors (Lipinski definition) is 3. The predicted octanol–water partition coefficient (Wildman–Crippen LogP) is 3.37. The molecule has 0 unspecified atom stereocenters. The van der Waals surface area contributed by atoms with Gasteiger partial charge in [-0.3, -0.25) is 14.5 Å². The van der Waals surface area contributed by atoms with Crippen molar-refractivity contribution in [2.75, 3.05) is 5.32 Å². The van der Waals surface area contributed by atoms with Crippen LogP contribution in [0.5, 0.6) is 0 Å². The highest BCUT2D eigenvalue weighted by molar-refractivity contribution is 6.05. The van der Waals surface area contributed by atoms with Crippen LogP contribution in [0.4, 0.5) is 5.82 Å². The Labute approximate surface area is 144 Å². The molecule has 6 heteroatoms. The summed E-state index contributed by atoms with van der Waals surface area (Å²) in [7, 11) is 0. The molecule has 0 atom stereocenters. The van der Waals surface area contributed by atoms with Crippen LogP contribution in [-0.2, 0) is 6.54 Å². The second-order valence-electron chi connectivity index (χ2n) is 5.99. The quantitative estimate of drug-likeness (QED) is 0.602. The third kappa shape index (κ3) is 3.28. The first kappa shape index (κ1) is 15.1. The molecule has 25 heavy (non-hydrogen) atoms. The monoisotopic (exact) mass is 331 g/mol. The van der Waals surface area contributed by atoms with Gasteiger partial charge in [-0.15, -0.1) is 0 Å². The van der Waals surface area contributed by atoms with Crippen molar-refractivity contribution in [1.29, 1.82) is 0 Å². The zero-order valence-electron chi connectivity index (χ0n) is 13.7. The number of pyridine rings is 1. The van der Waals surface area contributed by atoms with Crippen molar-refractivity contribution in [3.8, 4) is 0 Å². The van der Waals surface area contributed by atoms with Gasteiger partial charge in [0.05, 0.1) is 6.54 Å². The number of aryl methyl sites for hydroxylation is 1. The maximum atomic E-state index is 12.4. The molecule has 4 rings (SSSR count). The molecule has 3 heterocycles. The molecule has 0 radical (unpaired) electrons. The third-order valence-electron chi connectivity index (χ3n) is 3.97. The smallest absolute Gasteiger partial charge is 0.273 e. The van der Waals surface area contributed by atoms with Crippen LogP contribution < -0.4 is 5.32 Å². The van der Waals surface area contributed by atoms with Crippen molar-refractivity contribution in [2.24, 2.45) is 0 Å². The number of nitrogens with zero attached hydrogens (tertiary/aromatic N) is 3. The topological polar surface area (TPSA) is 75.6 Å². The summed E-state index contributed by atoms with van der Waals surface area (Å²) in [6.07, 6.45) is 5.36. The van der Waals surface area contributed by atoms with Crippen LogP contribution in [0.2, 0.25) is 0 Å². The van der Waals surface area contributed by atoms with E-state index < -0.39 is 0 Å². The van der Waals surface area contributed by atoms with Gasteiger partial charge in [0.2, 0.25) is 0 Å². The number of amides is 1. The van der Waals surface area contributed by atoms with Gasteiger partial charge in [-0.2, -0.15) is 5.10 Å². The molecule has 1 amide bonds. The molecule has 2 N–H and O–H groups in total. The van der Waals surface area contributed by atoms with Crippen LogP contribution in [0.1, 0.15) is 21.6 Å². The summed E-state index contributed by atoms with van der Waals surface area (Å²) in [5.74, 6) is 0.309. The van der Waals surface area contributed by atoms with Gasteiger partial charge < -0.3 is 10.3 Å². The standard InChI is InChI=1S/C19H17N5O/c1-13-4-5-15-10-17(21-16(15)9-13)19(25)22-18-6-8-24(23-18)12-14-3-2-7-20-11-14/h2-11,21H,12H2,1H3,(H,22,23,25). The zero-order chi connectivity index (χ0) is 17.2. The Morgan fingerprint density at radius 2 is 2.16 bits per heavy atom. The molecule has 1 aromatic carbocycles. The second kappa shape index (κ2) is 6.24. The lowest BCUT2D eigenvalue weighted by Gasteiger charge is -2.01. The molecular weight excluding hydrogens is 314 g/mol. The third-order valence-corrected chi connectivity index (χ3v) is 3.97. The van der Waals surface area contributed by atoms with Crippen molar-refractivity contribution in [2.45, 2.75) is 13.5 Å². The molecule has 0 aliphatic rings. The summed E-state index contributed by atoms with van der Waals surface area (Å²) in [5.41, 5.74) is 3.67. The molecule has 0 saturated carbocycles. The van der Waals surface area contributed by atoms with Gasteiger partial charge in [-0.1, -0.05) is 18.2 Å². The molecule has 0 aliphatic carbocycles. The number of H-pyrrole nitrogens is 1. The number of hydrogen-bond donors (Lipinski definition) is 2. The number of fused-ring (bicyclic) bond motifs is 1. The first-order valence-corrected chi connectivity index (χ1v) is 8.00. The lowest BCUT2D eigenvalue weighted by Crippen LogP contribution is -2.13. The summed E-state index contributed by atoms with van der Waals surface area (Å²) >= 11 is 0. The van der Waals surface area contributed by atoms with Gasteiger partial charge in [0.25, 0.3) is 5.91 Å². The summed E-state index contributed by atoms with van der Waals surface area (Å²) in [6.45, 7) is 2.63. The van der Waals surface area contributed by atoms with Gasteiger partial charge >= 0.3 is 0 Å². The van der Waals surface area contributed by atoms with Crippen molar-refractivity contribution >= 4 is 22.6 Å². The lowest BCUT2D eigenvalue weighted by molar-refractivity contribution is 0.102. The van der Waals surface area contributed by atoms with Crippen LogP contribution in [0, 0.1) is 6.92 Å². The summed E-state index contributed by atoms with van der Waals surface area (Å²) in [4.78, 5) is 19.7. The minimum absolute atomic E-state index is 0.208. The number of carbonyl (C=O) groups is 1. The number of nitrogens with one attached hydrogen (secondary N) is 2. The lowest BCUT2D eigenvalue weighted by atomic mass is 10.2. The fraction of sp³-hybridized carbons (Fsp3) is 0.105.